The molecule has 4 nitrogen and oxygen atoms in total. The molecule has 2 fully saturated rings. The third-order valence-corrected chi connectivity index (χ3v) is 3.64. The SMILES string of the molecule is O=C(O)CCN1CCN(C2CCC2)CC1. The molecular formula is C11H20N2O2. The lowest BCUT2D eigenvalue weighted by atomic mass is 9.91. The lowest BCUT2D eigenvalue weighted by molar-refractivity contribution is -0.137. The minimum Gasteiger partial charge on any atom is -0.481 e. The molecule has 4 heteroatoms. The summed E-state index contributed by atoms with van der Waals surface area (Å²) in [6, 6.07) is 0.839. The van der Waals surface area contributed by atoms with Crippen LogP contribution in [0, 0.1) is 0 Å². The summed E-state index contributed by atoms with van der Waals surface area (Å²) in [5.41, 5.74) is 0. The summed E-state index contributed by atoms with van der Waals surface area (Å²) >= 11 is 0. The van der Waals surface area contributed by atoms with E-state index in [1.165, 1.54) is 19.3 Å². The number of piperazine rings is 1. The van der Waals surface area contributed by atoms with E-state index in [1.807, 2.05) is 0 Å². The maximum atomic E-state index is 10.4. The van der Waals surface area contributed by atoms with E-state index in [-0.39, 0.29) is 6.42 Å². The maximum Gasteiger partial charge on any atom is 0.304 e. The first-order chi connectivity index (χ1) is 7.25. The van der Waals surface area contributed by atoms with Crippen LogP contribution in [0.15, 0.2) is 0 Å². The molecule has 1 saturated carbocycles. The molecule has 0 radical (unpaired) electrons. The van der Waals surface area contributed by atoms with E-state index in [2.05, 4.69) is 9.80 Å². The molecule has 0 bridgehead atoms. The number of hydrogen-bond donors (Lipinski definition) is 1. The molecule has 2 rings (SSSR count). The van der Waals surface area contributed by atoms with Gasteiger partial charge in [-0.25, -0.2) is 0 Å². The van der Waals surface area contributed by atoms with Crippen molar-refractivity contribution in [3.05, 3.63) is 0 Å². The minimum absolute atomic E-state index is 0.281. The Labute approximate surface area is 90.9 Å². The van der Waals surface area contributed by atoms with E-state index in [4.69, 9.17) is 5.11 Å². The molecule has 0 aromatic heterocycles. The second kappa shape index (κ2) is 4.94. The number of rotatable bonds is 4. The third kappa shape index (κ3) is 2.92. The highest BCUT2D eigenvalue weighted by Gasteiger charge is 2.27. The standard InChI is InChI=1S/C11H20N2O2/c14-11(15)4-5-12-6-8-13(9-7-12)10-2-1-3-10/h10H,1-9H2,(H,14,15). The van der Waals surface area contributed by atoms with Crippen molar-refractivity contribution in [2.45, 2.75) is 31.7 Å². The van der Waals surface area contributed by atoms with Gasteiger partial charge in [0, 0.05) is 38.8 Å². The average molecular weight is 212 g/mol. The summed E-state index contributed by atoms with van der Waals surface area (Å²) in [5.74, 6) is -0.684. The van der Waals surface area contributed by atoms with Gasteiger partial charge in [0.05, 0.1) is 6.42 Å². The summed E-state index contributed by atoms with van der Waals surface area (Å²) in [7, 11) is 0. The zero-order valence-corrected chi connectivity index (χ0v) is 9.19. The van der Waals surface area contributed by atoms with Crippen LogP contribution in [0.25, 0.3) is 0 Å². The van der Waals surface area contributed by atoms with Crippen molar-refractivity contribution in [2.75, 3.05) is 32.7 Å². The first kappa shape index (κ1) is 10.9. The van der Waals surface area contributed by atoms with Gasteiger partial charge in [0.15, 0.2) is 0 Å². The molecular weight excluding hydrogens is 192 g/mol. The van der Waals surface area contributed by atoms with Crippen LogP contribution in [0.5, 0.6) is 0 Å². The lowest BCUT2D eigenvalue weighted by Crippen LogP contribution is -2.52. The zero-order valence-electron chi connectivity index (χ0n) is 9.19. The van der Waals surface area contributed by atoms with E-state index < -0.39 is 5.97 Å². The largest absolute Gasteiger partial charge is 0.481 e. The number of aliphatic carboxylic acids is 1. The van der Waals surface area contributed by atoms with Crippen LogP contribution in [0.3, 0.4) is 0 Å². The summed E-state index contributed by atoms with van der Waals surface area (Å²) in [6.45, 7) is 5.07. The van der Waals surface area contributed by atoms with E-state index in [0.29, 0.717) is 6.54 Å². The molecule has 15 heavy (non-hydrogen) atoms. The van der Waals surface area contributed by atoms with E-state index in [0.717, 1.165) is 32.2 Å². The number of carboxylic acid groups (broad SMARTS) is 1. The first-order valence-corrected chi connectivity index (χ1v) is 5.94. The molecule has 1 aliphatic heterocycles. The highest BCUT2D eigenvalue weighted by atomic mass is 16.4. The van der Waals surface area contributed by atoms with Crippen molar-refractivity contribution in [1.82, 2.24) is 9.80 Å². The fraction of sp³-hybridized carbons (Fsp3) is 0.909. The Kier molecular flexibility index (Phi) is 3.59. The molecule has 0 aromatic rings. The second-order valence-electron chi connectivity index (χ2n) is 4.61. The maximum absolute atomic E-state index is 10.4. The van der Waals surface area contributed by atoms with Crippen molar-refractivity contribution < 1.29 is 9.90 Å². The Morgan fingerprint density at radius 1 is 1.20 bits per heavy atom. The van der Waals surface area contributed by atoms with Gasteiger partial charge in [0.2, 0.25) is 0 Å². The van der Waals surface area contributed by atoms with E-state index in [1.54, 1.807) is 0 Å². The summed E-state index contributed by atoms with van der Waals surface area (Å²) in [5, 5.41) is 8.59. The van der Waals surface area contributed by atoms with Gasteiger partial charge in [0.25, 0.3) is 0 Å². The lowest BCUT2D eigenvalue weighted by Gasteiger charge is -2.42. The van der Waals surface area contributed by atoms with E-state index in [9.17, 15) is 4.79 Å². The Morgan fingerprint density at radius 2 is 1.87 bits per heavy atom. The molecule has 0 atom stereocenters. The van der Waals surface area contributed by atoms with Crippen LogP contribution in [0.2, 0.25) is 0 Å². The number of carbonyl (C=O) groups is 1. The van der Waals surface area contributed by atoms with Crippen molar-refractivity contribution >= 4 is 5.97 Å². The predicted molar refractivity (Wildman–Crippen MR) is 57.9 cm³/mol. The summed E-state index contributed by atoms with van der Waals surface area (Å²) in [6.07, 6.45) is 4.41. The number of carboxylic acids is 1. The second-order valence-corrected chi connectivity index (χ2v) is 4.61. The van der Waals surface area contributed by atoms with Crippen molar-refractivity contribution in [2.24, 2.45) is 0 Å². The molecule has 0 unspecified atom stereocenters. The topological polar surface area (TPSA) is 43.8 Å². The predicted octanol–water partition coefficient (Wildman–Crippen LogP) is 0.631. The quantitative estimate of drug-likeness (QED) is 0.742. The number of nitrogens with zero attached hydrogens (tertiary/aromatic N) is 2. The molecule has 86 valence electrons. The fourth-order valence-electron chi connectivity index (χ4n) is 2.36. The van der Waals surface area contributed by atoms with Gasteiger partial charge in [-0.2, -0.15) is 0 Å². The van der Waals surface area contributed by atoms with Gasteiger partial charge in [-0.05, 0) is 12.8 Å². The monoisotopic (exact) mass is 212 g/mol. The molecule has 1 heterocycles. The molecule has 0 spiro atoms. The zero-order chi connectivity index (χ0) is 10.7. The number of hydrogen-bond acceptors (Lipinski definition) is 3. The highest BCUT2D eigenvalue weighted by molar-refractivity contribution is 5.66. The van der Waals surface area contributed by atoms with Crippen molar-refractivity contribution in [3.8, 4) is 0 Å². The first-order valence-electron chi connectivity index (χ1n) is 5.94. The van der Waals surface area contributed by atoms with Gasteiger partial charge >= 0.3 is 5.97 Å². The normalized spacial score (nSPS) is 25.1. The molecule has 1 aliphatic carbocycles. The Morgan fingerprint density at radius 3 is 2.33 bits per heavy atom. The van der Waals surface area contributed by atoms with Crippen LogP contribution in [0.4, 0.5) is 0 Å². The van der Waals surface area contributed by atoms with Crippen LogP contribution in [0.1, 0.15) is 25.7 Å². The van der Waals surface area contributed by atoms with Gasteiger partial charge in [-0.3, -0.25) is 9.69 Å². The average Bonchev–Trinajstić information content (AvgIpc) is 2.14. The van der Waals surface area contributed by atoms with Crippen molar-refractivity contribution in [3.63, 3.8) is 0 Å². The Hall–Kier alpha value is -0.610. The fourth-order valence-corrected chi connectivity index (χ4v) is 2.36. The smallest absolute Gasteiger partial charge is 0.304 e. The third-order valence-electron chi connectivity index (χ3n) is 3.64. The Bertz CT molecular complexity index is 221. The van der Waals surface area contributed by atoms with Gasteiger partial charge in [0.1, 0.15) is 0 Å². The Balaban J connectivity index is 1.65. The van der Waals surface area contributed by atoms with Gasteiger partial charge < -0.3 is 10.0 Å². The van der Waals surface area contributed by atoms with Crippen LogP contribution in [-0.4, -0.2) is 59.6 Å². The molecule has 1 saturated heterocycles. The minimum atomic E-state index is -0.684. The van der Waals surface area contributed by atoms with Crippen LogP contribution in [-0.2, 0) is 4.79 Å². The molecule has 1 N–H and O–H groups in total. The van der Waals surface area contributed by atoms with Crippen molar-refractivity contribution in [1.29, 1.82) is 0 Å². The van der Waals surface area contributed by atoms with Gasteiger partial charge in [-0.15, -0.1) is 0 Å². The molecule has 2 aliphatic rings. The van der Waals surface area contributed by atoms with Crippen LogP contribution < -0.4 is 0 Å². The van der Waals surface area contributed by atoms with Gasteiger partial charge in [-0.1, -0.05) is 6.42 Å². The highest BCUT2D eigenvalue weighted by Crippen LogP contribution is 2.25. The molecule has 0 amide bonds. The van der Waals surface area contributed by atoms with E-state index >= 15 is 0 Å². The summed E-state index contributed by atoms with van der Waals surface area (Å²) in [4.78, 5) is 15.3. The van der Waals surface area contributed by atoms with Crippen LogP contribution >= 0.6 is 0 Å². The molecule has 0 aromatic carbocycles. The summed E-state index contributed by atoms with van der Waals surface area (Å²) < 4.78 is 0.